The van der Waals surface area contributed by atoms with Crippen LogP contribution in [0.5, 0.6) is 0 Å². The molecule has 8 nitrogen and oxygen atoms in total. The molecule has 2 N–H and O–H groups in total. The van der Waals surface area contributed by atoms with Gasteiger partial charge in [0.15, 0.2) is 0 Å². The Kier molecular flexibility index (Phi) is 7.23. The van der Waals surface area contributed by atoms with Crippen LogP contribution in [0.3, 0.4) is 0 Å². The maximum Gasteiger partial charge on any atom is 0.271 e. The monoisotopic (exact) mass is 317 g/mol. The Hall–Kier alpha value is -2.92. The minimum atomic E-state index is -0.617. The maximum absolute atomic E-state index is 12.0. The average Bonchev–Trinajstić information content (AvgIpc) is 2.50. The molecular weight excluding hydrogens is 298 g/mol. The Morgan fingerprint density at radius 2 is 2.22 bits per heavy atom. The van der Waals surface area contributed by atoms with E-state index in [-0.39, 0.29) is 16.9 Å². The summed E-state index contributed by atoms with van der Waals surface area (Å²) in [6.07, 6.45) is 2.22. The number of carbonyl (C=O) groups excluding carboxylic acids is 1. The summed E-state index contributed by atoms with van der Waals surface area (Å²) in [4.78, 5) is 24.2. The standard InChI is InChI=1S/C15H19N5O3/c1-19(2)8-4-7-17-11-12(10-16)15(21)18-13-5-3-6-14(9-13)20(22)23/h3,5-6,9,11,17H,4,7-8H2,1-2H3,(H,18,21)/b12-11-. The lowest BCUT2D eigenvalue weighted by Gasteiger charge is -2.09. The van der Waals surface area contributed by atoms with Crippen LogP contribution < -0.4 is 10.6 Å². The summed E-state index contributed by atoms with van der Waals surface area (Å²) in [5.74, 6) is -0.617. The van der Waals surface area contributed by atoms with E-state index in [1.165, 1.54) is 30.5 Å². The number of amides is 1. The topological polar surface area (TPSA) is 111 Å². The number of nitrogens with zero attached hydrogens (tertiary/aromatic N) is 3. The van der Waals surface area contributed by atoms with E-state index in [2.05, 4.69) is 10.6 Å². The third kappa shape index (κ3) is 6.58. The Bertz CT molecular complexity index is 634. The molecule has 0 saturated heterocycles. The third-order valence-corrected chi connectivity index (χ3v) is 2.85. The van der Waals surface area contributed by atoms with E-state index in [9.17, 15) is 14.9 Å². The number of anilines is 1. The normalized spacial score (nSPS) is 11.0. The molecule has 0 spiro atoms. The fourth-order valence-electron chi connectivity index (χ4n) is 1.72. The van der Waals surface area contributed by atoms with Gasteiger partial charge in [-0.05, 0) is 33.1 Å². The van der Waals surface area contributed by atoms with Crippen LogP contribution in [0, 0.1) is 21.4 Å². The number of benzene rings is 1. The fraction of sp³-hybridized carbons (Fsp3) is 0.333. The lowest BCUT2D eigenvalue weighted by Crippen LogP contribution is -2.20. The molecule has 1 rings (SSSR count). The number of carbonyl (C=O) groups is 1. The maximum atomic E-state index is 12.0. The van der Waals surface area contributed by atoms with E-state index >= 15 is 0 Å². The molecule has 0 unspecified atom stereocenters. The predicted octanol–water partition coefficient (Wildman–Crippen LogP) is 1.48. The van der Waals surface area contributed by atoms with Crippen molar-refractivity contribution in [3.05, 3.63) is 46.2 Å². The fourth-order valence-corrected chi connectivity index (χ4v) is 1.72. The molecule has 23 heavy (non-hydrogen) atoms. The first-order chi connectivity index (χ1) is 10.9. The molecule has 1 aromatic carbocycles. The van der Waals surface area contributed by atoms with Gasteiger partial charge in [-0.3, -0.25) is 14.9 Å². The number of nitro benzene ring substituents is 1. The van der Waals surface area contributed by atoms with Gasteiger partial charge in [0.2, 0.25) is 0 Å². The minimum absolute atomic E-state index is 0.0960. The molecule has 0 aliphatic rings. The summed E-state index contributed by atoms with van der Waals surface area (Å²) in [5, 5.41) is 25.1. The zero-order chi connectivity index (χ0) is 17.2. The van der Waals surface area contributed by atoms with Gasteiger partial charge in [-0.15, -0.1) is 0 Å². The van der Waals surface area contributed by atoms with Crippen LogP contribution in [0.4, 0.5) is 11.4 Å². The van der Waals surface area contributed by atoms with Crippen molar-refractivity contribution in [3.63, 3.8) is 0 Å². The van der Waals surface area contributed by atoms with E-state index in [1.807, 2.05) is 19.0 Å². The lowest BCUT2D eigenvalue weighted by molar-refractivity contribution is -0.384. The Labute approximate surface area is 134 Å². The smallest absolute Gasteiger partial charge is 0.271 e. The molecule has 0 bridgehead atoms. The minimum Gasteiger partial charge on any atom is -0.390 e. The summed E-state index contributed by atoms with van der Waals surface area (Å²) in [6, 6.07) is 7.34. The number of nitriles is 1. The number of non-ortho nitro benzene ring substituents is 1. The van der Waals surface area contributed by atoms with E-state index in [4.69, 9.17) is 5.26 Å². The summed E-state index contributed by atoms with van der Waals surface area (Å²) in [7, 11) is 3.92. The quantitative estimate of drug-likeness (QED) is 0.247. The van der Waals surface area contributed by atoms with Gasteiger partial charge in [0.05, 0.1) is 4.92 Å². The van der Waals surface area contributed by atoms with Crippen LogP contribution in [0.15, 0.2) is 36.0 Å². The van der Waals surface area contributed by atoms with Crippen LogP contribution in [0.2, 0.25) is 0 Å². The number of hydrogen-bond donors (Lipinski definition) is 2. The van der Waals surface area contributed by atoms with Crippen LogP contribution >= 0.6 is 0 Å². The predicted molar refractivity (Wildman–Crippen MR) is 86.6 cm³/mol. The van der Waals surface area contributed by atoms with Gasteiger partial charge in [-0.1, -0.05) is 6.07 Å². The molecule has 0 aliphatic carbocycles. The molecule has 0 saturated carbocycles. The Morgan fingerprint density at radius 1 is 1.48 bits per heavy atom. The van der Waals surface area contributed by atoms with Crippen molar-refractivity contribution in [1.29, 1.82) is 5.26 Å². The van der Waals surface area contributed by atoms with Crippen molar-refractivity contribution >= 4 is 17.3 Å². The lowest BCUT2D eigenvalue weighted by atomic mass is 10.2. The highest BCUT2D eigenvalue weighted by molar-refractivity contribution is 6.06. The van der Waals surface area contributed by atoms with E-state index in [0.29, 0.717) is 6.54 Å². The second kappa shape index (κ2) is 9.17. The molecule has 1 aromatic rings. The highest BCUT2D eigenvalue weighted by Crippen LogP contribution is 2.17. The van der Waals surface area contributed by atoms with Gasteiger partial charge in [0.1, 0.15) is 11.6 Å². The van der Waals surface area contributed by atoms with Crippen molar-refractivity contribution in [2.24, 2.45) is 0 Å². The number of hydrogen-bond acceptors (Lipinski definition) is 6. The second-order valence-corrected chi connectivity index (χ2v) is 5.04. The molecular formula is C15H19N5O3. The average molecular weight is 317 g/mol. The SMILES string of the molecule is CN(C)CCCN/C=C(/C#N)C(=O)Nc1cccc([N+](=O)[O-])c1. The number of nitrogens with one attached hydrogen (secondary N) is 2. The highest BCUT2D eigenvalue weighted by atomic mass is 16.6. The third-order valence-electron chi connectivity index (χ3n) is 2.85. The number of rotatable bonds is 8. The zero-order valence-electron chi connectivity index (χ0n) is 13.1. The van der Waals surface area contributed by atoms with Gasteiger partial charge in [0, 0.05) is 30.6 Å². The van der Waals surface area contributed by atoms with Crippen molar-refractivity contribution in [2.75, 3.05) is 32.5 Å². The molecule has 8 heteroatoms. The van der Waals surface area contributed by atoms with Crippen LogP contribution in [-0.4, -0.2) is 42.9 Å². The summed E-state index contributed by atoms with van der Waals surface area (Å²) >= 11 is 0. The van der Waals surface area contributed by atoms with Crippen molar-refractivity contribution in [2.45, 2.75) is 6.42 Å². The zero-order valence-corrected chi connectivity index (χ0v) is 13.1. The van der Waals surface area contributed by atoms with Gasteiger partial charge in [-0.25, -0.2) is 0 Å². The molecule has 0 aliphatic heterocycles. The Morgan fingerprint density at radius 3 is 2.83 bits per heavy atom. The molecule has 0 aromatic heterocycles. The molecule has 1 amide bonds. The molecule has 0 atom stereocenters. The van der Waals surface area contributed by atoms with Gasteiger partial charge >= 0.3 is 0 Å². The Balaban J connectivity index is 2.61. The van der Waals surface area contributed by atoms with Gasteiger partial charge < -0.3 is 15.5 Å². The molecule has 0 heterocycles. The summed E-state index contributed by atoms with van der Waals surface area (Å²) in [6.45, 7) is 1.52. The first-order valence-electron chi connectivity index (χ1n) is 6.98. The van der Waals surface area contributed by atoms with Gasteiger partial charge in [-0.2, -0.15) is 5.26 Å². The highest BCUT2D eigenvalue weighted by Gasteiger charge is 2.11. The number of nitro groups is 1. The second-order valence-electron chi connectivity index (χ2n) is 5.04. The van der Waals surface area contributed by atoms with E-state index in [0.717, 1.165) is 13.0 Å². The van der Waals surface area contributed by atoms with Crippen molar-refractivity contribution < 1.29 is 9.72 Å². The van der Waals surface area contributed by atoms with E-state index in [1.54, 1.807) is 6.07 Å². The summed E-state index contributed by atoms with van der Waals surface area (Å²) < 4.78 is 0. The molecule has 0 fully saturated rings. The molecule has 122 valence electrons. The van der Waals surface area contributed by atoms with Crippen molar-refractivity contribution in [3.8, 4) is 6.07 Å². The molecule has 0 radical (unpaired) electrons. The van der Waals surface area contributed by atoms with Gasteiger partial charge in [0.25, 0.3) is 11.6 Å². The first-order valence-corrected chi connectivity index (χ1v) is 6.98. The van der Waals surface area contributed by atoms with E-state index < -0.39 is 10.8 Å². The first kappa shape index (κ1) is 18.1. The summed E-state index contributed by atoms with van der Waals surface area (Å²) in [5.41, 5.74) is 0.0337. The van der Waals surface area contributed by atoms with Crippen LogP contribution in [-0.2, 0) is 4.79 Å². The van der Waals surface area contributed by atoms with Crippen LogP contribution in [0.1, 0.15) is 6.42 Å². The largest absolute Gasteiger partial charge is 0.390 e. The van der Waals surface area contributed by atoms with Crippen LogP contribution in [0.25, 0.3) is 0 Å². The van der Waals surface area contributed by atoms with Crippen molar-refractivity contribution in [1.82, 2.24) is 10.2 Å².